The third-order valence-electron chi connectivity index (χ3n) is 4.49. The van der Waals surface area contributed by atoms with Crippen LogP contribution in [0.4, 0.5) is 5.69 Å². The molecule has 0 aliphatic rings. The number of benzene rings is 2. The number of aryl methyl sites for hydroxylation is 3. The van der Waals surface area contributed by atoms with Crippen LogP contribution in [-0.4, -0.2) is 16.6 Å². The highest BCUT2D eigenvalue weighted by atomic mass is 32.1. The van der Waals surface area contributed by atoms with E-state index in [1.54, 1.807) is 0 Å². The molecule has 0 atom stereocenters. The second-order valence-corrected chi connectivity index (χ2v) is 7.06. The van der Waals surface area contributed by atoms with Crippen LogP contribution in [0.3, 0.4) is 0 Å². The minimum atomic E-state index is -0.0416. The SMILES string of the molecule is Cc1cccc(NC(=S)NCCc2cc3cc(C)c(C)cc3[nH]c2=O)c1. The normalized spacial score (nSPS) is 10.7. The maximum absolute atomic E-state index is 12.3. The van der Waals surface area contributed by atoms with E-state index in [1.807, 2.05) is 50.2 Å². The molecule has 0 radical (unpaired) electrons. The van der Waals surface area contributed by atoms with Crippen molar-refractivity contribution in [2.45, 2.75) is 27.2 Å². The number of rotatable bonds is 4. The molecule has 0 aliphatic carbocycles. The van der Waals surface area contributed by atoms with Crippen LogP contribution in [0.15, 0.2) is 47.3 Å². The average Bonchev–Trinajstić information content (AvgIpc) is 2.57. The molecule has 4 nitrogen and oxygen atoms in total. The molecule has 1 heterocycles. The van der Waals surface area contributed by atoms with Crippen molar-refractivity contribution in [3.63, 3.8) is 0 Å². The van der Waals surface area contributed by atoms with Crippen molar-refractivity contribution in [3.05, 3.63) is 75.1 Å². The molecule has 2 aromatic carbocycles. The second-order valence-electron chi connectivity index (χ2n) is 6.65. The summed E-state index contributed by atoms with van der Waals surface area (Å²) in [4.78, 5) is 15.3. The lowest BCUT2D eigenvalue weighted by Crippen LogP contribution is -2.31. The molecule has 134 valence electrons. The zero-order chi connectivity index (χ0) is 18.7. The monoisotopic (exact) mass is 365 g/mol. The fourth-order valence-corrected chi connectivity index (χ4v) is 3.14. The lowest BCUT2D eigenvalue weighted by Gasteiger charge is -2.11. The molecule has 0 fully saturated rings. The van der Waals surface area contributed by atoms with Crippen LogP contribution in [0.2, 0.25) is 0 Å². The first-order valence-electron chi connectivity index (χ1n) is 8.67. The van der Waals surface area contributed by atoms with Gasteiger partial charge in [-0.2, -0.15) is 0 Å². The van der Waals surface area contributed by atoms with E-state index in [9.17, 15) is 4.79 Å². The zero-order valence-corrected chi connectivity index (χ0v) is 16.1. The number of nitrogens with one attached hydrogen (secondary N) is 3. The van der Waals surface area contributed by atoms with E-state index in [1.165, 1.54) is 16.7 Å². The quantitative estimate of drug-likeness (QED) is 0.612. The third-order valence-corrected chi connectivity index (χ3v) is 4.74. The Kier molecular flexibility index (Phi) is 5.38. The Morgan fingerprint density at radius 3 is 2.62 bits per heavy atom. The Balaban J connectivity index is 1.64. The minimum Gasteiger partial charge on any atom is -0.362 e. The number of aromatic nitrogens is 1. The number of hydrogen-bond donors (Lipinski definition) is 3. The molecule has 3 aromatic rings. The van der Waals surface area contributed by atoms with Crippen molar-refractivity contribution in [2.75, 3.05) is 11.9 Å². The number of pyridine rings is 1. The minimum absolute atomic E-state index is 0.0416. The van der Waals surface area contributed by atoms with Gasteiger partial charge in [-0.25, -0.2) is 0 Å². The molecule has 0 amide bonds. The summed E-state index contributed by atoms with van der Waals surface area (Å²) in [7, 11) is 0. The molecule has 0 bridgehead atoms. The van der Waals surface area contributed by atoms with Gasteiger partial charge in [-0.05, 0) is 91.8 Å². The molecule has 1 aromatic heterocycles. The van der Waals surface area contributed by atoms with Crippen molar-refractivity contribution in [1.82, 2.24) is 10.3 Å². The standard InChI is InChI=1S/C21H23N3OS/c1-13-5-4-6-18(9-13)23-21(26)22-8-7-16-12-17-10-14(2)15(3)11-19(17)24-20(16)25/h4-6,9-12H,7-8H2,1-3H3,(H,24,25)(H2,22,23,26). The zero-order valence-electron chi connectivity index (χ0n) is 15.3. The van der Waals surface area contributed by atoms with E-state index < -0.39 is 0 Å². The lowest BCUT2D eigenvalue weighted by molar-refractivity contribution is 0.863. The van der Waals surface area contributed by atoms with E-state index in [4.69, 9.17) is 12.2 Å². The highest BCUT2D eigenvalue weighted by Crippen LogP contribution is 2.17. The molecule has 0 unspecified atom stereocenters. The molecule has 3 rings (SSSR count). The van der Waals surface area contributed by atoms with Gasteiger partial charge in [0.2, 0.25) is 0 Å². The number of anilines is 1. The predicted octanol–water partition coefficient (Wildman–Crippen LogP) is 3.98. The van der Waals surface area contributed by atoms with E-state index in [0.29, 0.717) is 18.1 Å². The molecule has 0 spiro atoms. The smallest absolute Gasteiger partial charge is 0.251 e. The number of aromatic amines is 1. The molecule has 0 saturated heterocycles. The van der Waals surface area contributed by atoms with Gasteiger partial charge in [0, 0.05) is 23.3 Å². The van der Waals surface area contributed by atoms with E-state index in [0.717, 1.165) is 22.2 Å². The highest BCUT2D eigenvalue weighted by molar-refractivity contribution is 7.80. The molecule has 26 heavy (non-hydrogen) atoms. The first kappa shape index (κ1) is 18.1. The molecule has 0 saturated carbocycles. The summed E-state index contributed by atoms with van der Waals surface area (Å²) < 4.78 is 0. The van der Waals surface area contributed by atoms with E-state index in [-0.39, 0.29) is 5.56 Å². The summed E-state index contributed by atoms with van der Waals surface area (Å²) in [6.45, 7) is 6.76. The van der Waals surface area contributed by atoms with Gasteiger partial charge >= 0.3 is 0 Å². The Hall–Kier alpha value is -2.66. The topological polar surface area (TPSA) is 56.9 Å². The summed E-state index contributed by atoms with van der Waals surface area (Å²) in [6.07, 6.45) is 0.605. The van der Waals surface area contributed by atoms with Gasteiger partial charge in [0.1, 0.15) is 0 Å². The van der Waals surface area contributed by atoms with Crippen LogP contribution in [-0.2, 0) is 6.42 Å². The summed E-state index contributed by atoms with van der Waals surface area (Å²) >= 11 is 5.33. The maximum Gasteiger partial charge on any atom is 0.251 e. The van der Waals surface area contributed by atoms with Crippen LogP contribution in [0.5, 0.6) is 0 Å². The van der Waals surface area contributed by atoms with Gasteiger partial charge in [-0.3, -0.25) is 4.79 Å². The van der Waals surface area contributed by atoms with Gasteiger partial charge < -0.3 is 15.6 Å². The Bertz CT molecular complexity index is 1020. The average molecular weight is 366 g/mol. The summed E-state index contributed by atoms with van der Waals surface area (Å²) in [5.74, 6) is 0. The first-order valence-corrected chi connectivity index (χ1v) is 9.08. The number of fused-ring (bicyclic) bond motifs is 1. The molecule has 0 aliphatic heterocycles. The van der Waals surface area contributed by atoms with Crippen molar-refractivity contribution in [1.29, 1.82) is 0 Å². The van der Waals surface area contributed by atoms with Crippen LogP contribution in [0, 0.1) is 20.8 Å². The molecule has 5 heteroatoms. The largest absolute Gasteiger partial charge is 0.362 e. The summed E-state index contributed by atoms with van der Waals surface area (Å²) in [6, 6.07) is 14.1. The fraction of sp³-hybridized carbons (Fsp3) is 0.238. The number of hydrogen-bond acceptors (Lipinski definition) is 2. The lowest BCUT2D eigenvalue weighted by atomic mass is 10.0. The van der Waals surface area contributed by atoms with Gasteiger partial charge in [-0.1, -0.05) is 12.1 Å². The van der Waals surface area contributed by atoms with Crippen LogP contribution >= 0.6 is 12.2 Å². The van der Waals surface area contributed by atoms with E-state index in [2.05, 4.69) is 28.6 Å². The summed E-state index contributed by atoms with van der Waals surface area (Å²) in [5, 5.41) is 7.94. The van der Waals surface area contributed by atoms with Gasteiger partial charge in [0.15, 0.2) is 5.11 Å². The summed E-state index contributed by atoms with van der Waals surface area (Å²) in [5.41, 5.74) is 6.12. The predicted molar refractivity (Wildman–Crippen MR) is 113 cm³/mol. The van der Waals surface area contributed by atoms with Crippen molar-refractivity contribution >= 4 is 33.9 Å². The molecule has 3 N–H and O–H groups in total. The Morgan fingerprint density at radius 1 is 1.08 bits per heavy atom. The number of thiocarbonyl (C=S) groups is 1. The van der Waals surface area contributed by atoms with E-state index >= 15 is 0 Å². The van der Waals surface area contributed by atoms with Crippen LogP contribution in [0.1, 0.15) is 22.3 Å². The van der Waals surface area contributed by atoms with Gasteiger partial charge in [-0.15, -0.1) is 0 Å². The first-order chi connectivity index (χ1) is 12.4. The number of H-pyrrole nitrogens is 1. The second kappa shape index (κ2) is 7.70. The third kappa shape index (κ3) is 4.29. The fourth-order valence-electron chi connectivity index (χ4n) is 2.92. The van der Waals surface area contributed by atoms with Crippen molar-refractivity contribution in [2.24, 2.45) is 0 Å². The van der Waals surface area contributed by atoms with Crippen LogP contribution in [0.25, 0.3) is 10.9 Å². The van der Waals surface area contributed by atoms with Gasteiger partial charge in [0.05, 0.1) is 0 Å². The Labute approximate surface area is 158 Å². The van der Waals surface area contributed by atoms with Gasteiger partial charge in [0.25, 0.3) is 5.56 Å². The van der Waals surface area contributed by atoms with Crippen LogP contribution < -0.4 is 16.2 Å². The van der Waals surface area contributed by atoms with Crippen molar-refractivity contribution < 1.29 is 0 Å². The maximum atomic E-state index is 12.3. The molecular weight excluding hydrogens is 342 g/mol. The van der Waals surface area contributed by atoms with Crippen molar-refractivity contribution in [3.8, 4) is 0 Å². The Morgan fingerprint density at radius 2 is 1.85 bits per heavy atom. The highest BCUT2D eigenvalue weighted by Gasteiger charge is 2.05. The molecular formula is C21H23N3OS.